The molecule has 5 nitrogen and oxygen atoms in total. The second-order valence-electron chi connectivity index (χ2n) is 4.50. The number of hydrogen-bond donors (Lipinski definition) is 2. The van der Waals surface area contributed by atoms with E-state index in [0.717, 1.165) is 5.56 Å². The molecule has 2 aromatic rings. The average molecular weight is 350 g/mol. The molecule has 0 spiro atoms. The molecule has 2 aromatic carbocycles. The summed E-state index contributed by atoms with van der Waals surface area (Å²) >= 11 is 11.9. The number of rotatable bonds is 4. The van der Waals surface area contributed by atoms with Gasteiger partial charge in [0, 0.05) is 12.1 Å². The van der Waals surface area contributed by atoms with Crippen LogP contribution in [-0.2, 0) is 16.1 Å². The lowest BCUT2D eigenvalue weighted by molar-refractivity contribution is -0.139. The van der Waals surface area contributed by atoms with E-state index in [9.17, 15) is 9.59 Å². The molecule has 0 bridgehead atoms. The Labute approximate surface area is 143 Å². The monoisotopic (exact) mass is 349 g/mol. The molecule has 0 aliphatic heterocycles. The average Bonchev–Trinajstić information content (AvgIpc) is 2.56. The molecule has 0 unspecified atom stereocenters. The van der Waals surface area contributed by atoms with E-state index in [1.54, 1.807) is 18.2 Å². The van der Waals surface area contributed by atoms with Crippen molar-refractivity contribution < 1.29 is 9.59 Å². The molecule has 0 aliphatic rings. The lowest BCUT2D eigenvalue weighted by Crippen LogP contribution is -2.37. The van der Waals surface area contributed by atoms with E-state index < -0.39 is 11.8 Å². The van der Waals surface area contributed by atoms with Crippen LogP contribution in [0.15, 0.2) is 53.6 Å². The topological polar surface area (TPSA) is 70.6 Å². The van der Waals surface area contributed by atoms with E-state index in [2.05, 4.69) is 15.8 Å². The van der Waals surface area contributed by atoms with Crippen LogP contribution >= 0.6 is 23.2 Å². The van der Waals surface area contributed by atoms with E-state index in [0.29, 0.717) is 15.6 Å². The molecule has 2 rings (SSSR count). The first-order valence-corrected chi connectivity index (χ1v) is 7.42. The van der Waals surface area contributed by atoms with Crippen LogP contribution in [0.1, 0.15) is 11.1 Å². The van der Waals surface area contributed by atoms with Gasteiger partial charge in [-0.2, -0.15) is 5.10 Å². The van der Waals surface area contributed by atoms with E-state index in [4.69, 9.17) is 23.2 Å². The number of hydrazone groups is 1. The number of carbonyl (C=O) groups excluding carboxylic acids is 2. The minimum Gasteiger partial charge on any atom is -0.344 e. The molecule has 23 heavy (non-hydrogen) atoms. The number of halogens is 2. The Bertz CT molecular complexity index is 713. The Morgan fingerprint density at radius 2 is 1.61 bits per heavy atom. The smallest absolute Gasteiger partial charge is 0.329 e. The molecular weight excluding hydrogens is 337 g/mol. The lowest BCUT2D eigenvalue weighted by Gasteiger charge is -2.04. The zero-order valence-electron chi connectivity index (χ0n) is 11.9. The Balaban J connectivity index is 1.86. The summed E-state index contributed by atoms with van der Waals surface area (Å²) in [6.07, 6.45) is 1.28. The van der Waals surface area contributed by atoms with Gasteiger partial charge in [0.05, 0.1) is 16.3 Å². The third-order valence-electron chi connectivity index (χ3n) is 2.86. The summed E-state index contributed by atoms with van der Waals surface area (Å²) in [5.41, 5.74) is 3.47. The quantitative estimate of drug-likeness (QED) is 0.506. The van der Waals surface area contributed by atoms with Gasteiger partial charge < -0.3 is 5.32 Å². The zero-order chi connectivity index (χ0) is 16.7. The highest BCUT2D eigenvalue weighted by Crippen LogP contribution is 2.21. The molecule has 0 heterocycles. The molecule has 118 valence electrons. The molecule has 0 fully saturated rings. The minimum atomic E-state index is -0.875. The van der Waals surface area contributed by atoms with Crippen molar-refractivity contribution in [1.29, 1.82) is 0 Å². The van der Waals surface area contributed by atoms with Crippen LogP contribution < -0.4 is 10.7 Å². The Morgan fingerprint density at radius 3 is 2.26 bits per heavy atom. The van der Waals surface area contributed by atoms with Gasteiger partial charge in [0.1, 0.15) is 0 Å². The number of nitrogens with one attached hydrogen (secondary N) is 2. The fourth-order valence-corrected chi connectivity index (χ4v) is 2.19. The third kappa shape index (κ3) is 5.09. The number of benzene rings is 2. The van der Waals surface area contributed by atoms with Gasteiger partial charge in [-0.25, -0.2) is 5.43 Å². The van der Waals surface area contributed by atoms with Crippen molar-refractivity contribution in [2.75, 3.05) is 0 Å². The SMILES string of the molecule is O=C(NCc1ccccc1)C(=O)N/N=C/c1c(Cl)cccc1Cl. The highest BCUT2D eigenvalue weighted by molar-refractivity contribution is 6.38. The minimum absolute atomic E-state index is 0.257. The summed E-state index contributed by atoms with van der Waals surface area (Å²) in [6.45, 7) is 0.257. The Morgan fingerprint density at radius 1 is 0.957 bits per heavy atom. The first kappa shape index (κ1) is 17.0. The standard InChI is InChI=1S/C16H13Cl2N3O2/c17-13-7-4-8-14(18)12(13)10-20-21-16(23)15(22)19-9-11-5-2-1-3-6-11/h1-8,10H,9H2,(H,19,22)(H,21,23)/b20-10+. The molecule has 0 radical (unpaired) electrons. The molecule has 0 aromatic heterocycles. The van der Waals surface area contributed by atoms with Crippen LogP contribution in [0.3, 0.4) is 0 Å². The second kappa shape index (κ2) is 8.31. The van der Waals surface area contributed by atoms with E-state index in [1.807, 2.05) is 30.3 Å². The molecule has 0 saturated heterocycles. The number of amides is 2. The number of nitrogens with zero attached hydrogens (tertiary/aromatic N) is 1. The van der Waals surface area contributed by atoms with Gasteiger partial charge in [0.25, 0.3) is 0 Å². The van der Waals surface area contributed by atoms with Crippen molar-refractivity contribution in [2.45, 2.75) is 6.54 Å². The van der Waals surface area contributed by atoms with Gasteiger partial charge in [-0.3, -0.25) is 9.59 Å². The Hall–Kier alpha value is -2.37. The second-order valence-corrected chi connectivity index (χ2v) is 5.32. The van der Waals surface area contributed by atoms with Crippen molar-refractivity contribution in [2.24, 2.45) is 5.10 Å². The van der Waals surface area contributed by atoms with Crippen LogP contribution in [-0.4, -0.2) is 18.0 Å². The summed E-state index contributed by atoms with van der Waals surface area (Å²) < 4.78 is 0. The maximum absolute atomic E-state index is 11.6. The van der Waals surface area contributed by atoms with Crippen molar-refractivity contribution >= 4 is 41.2 Å². The molecular formula is C16H13Cl2N3O2. The highest BCUT2D eigenvalue weighted by Gasteiger charge is 2.12. The van der Waals surface area contributed by atoms with Gasteiger partial charge >= 0.3 is 11.8 Å². The largest absolute Gasteiger partial charge is 0.344 e. The van der Waals surface area contributed by atoms with Crippen LogP contribution in [0.2, 0.25) is 10.0 Å². The normalized spacial score (nSPS) is 10.5. The first-order valence-electron chi connectivity index (χ1n) is 6.67. The van der Waals surface area contributed by atoms with E-state index >= 15 is 0 Å². The molecule has 0 aliphatic carbocycles. The highest BCUT2D eigenvalue weighted by atomic mass is 35.5. The maximum atomic E-state index is 11.6. The summed E-state index contributed by atoms with van der Waals surface area (Å²) in [4.78, 5) is 23.3. The predicted octanol–water partition coefficient (Wildman–Crippen LogP) is 2.76. The van der Waals surface area contributed by atoms with Crippen molar-refractivity contribution in [3.05, 3.63) is 69.7 Å². The van der Waals surface area contributed by atoms with Gasteiger partial charge in [0.2, 0.25) is 0 Å². The summed E-state index contributed by atoms with van der Waals surface area (Å²) in [5.74, 6) is -1.66. The summed E-state index contributed by atoms with van der Waals surface area (Å²) in [5, 5.41) is 6.96. The van der Waals surface area contributed by atoms with Crippen LogP contribution in [0.25, 0.3) is 0 Å². The van der Waals surface area contributed by atoms with Crippen molar-refractivity contribution in [3.8, 4) is 0 Å². The number of hydrogen-bond acceptors (Lipinski definition) is 3. The van der Waals surface area contributed by atoms with Gasteiger partial charge in [-0.1, -0.05) is 59.6 Å². The summed E-state index contributed by atoms with van der Waals surface area (Å²) in [6, 6.07) is 14.2. The van der Waals surface area contributed by atoms with Crippen LogP contribution in [0.5, 0.6) is 0 Å². The lowest BCUT2D eigenvalue weighted by atomic mass is 10.2. The van der Waals surface area contributed by atoms with E-state index in [1.165, 1.54) is 6.21 Å². The third-order valence-corrected chi connectivity index (χ3v) is 3.52. The van der Waals surface area contributed by atoms with Gasteiger partial charge in [-0.05, 0) is 17.7 Å². The van der Waals surface area contributed by atoms with Crippen molar-refractivity contribution in [3.63, 3.8) is 0 Å². The molecule has 7 heteroatoms. The fraction of sp³-hybridized carbons (Fsp3) is 0.0625. The molecule has 0 saturated carbocycles. The molecule has 2 N–H and O–H groups in total. The predicted molar refractivity (Wildman–Crippen MR) is 90.5 cm³/mol. The van der Waals surface area contributed by atoms with Crippen molar-refractivity contribution in [1.82, 2.24) is 10.7 Å². The maximum Gasteiger partial charge on any atom is 0.329 e. The fourth-order valence-electron chi connectivity index (χ4n) is 1.70. The van der Waals surface area contributed by atoms with Crippen LogP contribution in [0.4, 0.5) is 0 Å². The van der Waals surface area contributed by atoms with Crippen LogP contribution in [0, 0.1) is 0 Å². The molecule has 0 atom stereocenters. The molecule has 2 amide bonds. The van der Waals surface area contributed by atoms with Gasteiger partial charge in [0.15, 0.2) is 0 Å². The van der Waals surface area contributed by atoms with Gasteiger partial charge in [-0.15, -0.1) is 0 Å². The summed E-state index contributed by atoms with van der Waals surface area (Å²) in [7, 11) is 0. The first-order chi connectivity index (χ1) is 11.1. The number of carbonyl (C=O) groups is 2. The van der Waals surface area contributed by atoms with E-state index in [-0.39, 0.29) is 6.54 Å². The Kier molecular flexibility index (Phi) is 6.14. The zero-order valence-corrected chi connectivity index (χ0v) is 13.4.